The van der Waals surface area contributed by atoms with Crippen molar-refractivity contribution < 1.29 is 14.3 Å². The number of rotatable bonds is 7. The molecule has 7 nitrogen and oxygen atoms in total. The molecule has 1 saturated heterocycles. The molecule has 174 valence electrons. The number of esters is 1. The first-order chi connectivity index (χ1) is 16.0. The van der Waals surface area contributed by atoms with Crippen LogP contribution in [0.3, 0.4) is 0 Å². The van der Waals surface area contributed by atoms with E-state index in [-0.39, 0.29) is 12.6 Å². The number of urea groups is 1. The van der Waals surface area contributed by atoms with Crippen LogP contribution < -0.4 is 10.6 Å². The quantitative estimate of drug-likeness (QED) is 0.610. The summed E-state index contributed by atoms with van der Waals surface area (Å²) in [6.45, 7) is 6.90. The van der Waals surface area contributed by atoms with Crippen LogP contribution in [0.2, 0.25) is 5.02 Å². The molecule has 2 aromatic carbocycles. The Morgan fingerprint density at radius 2 is 1.64 bits per heavy atom. The van der Waals surface area contributed by atoms with E-state index < -0.39 is 12.0 Å². The summed E-state index contributed by atoms with van der Waals surface area (Å²) < 4.78 is 5.35. The highest BCUT2D eigenvalue weighted by molar-refractivity contribution is 6.31. The first kappa shape index (κ1) is 23.3. The van der Waals surface area contributed by atoms with E-state index in [1.165, 1.54) is 5.56 Å². The third-order valence-corrected chi connectivity index (χ3v) is 6.31. The van der Waals surface area contributed by atoms with Gasteiger partial charge in [0.05, 0.1) is 18.2 Å². The molecule has 2 N–H and O–H groups in total. The Kier molecular flexibility index (Phi) is 7.65. The topological polar surface area (TPSA) is 73.9 Å². The predicted octanol–water partition coefficient (Wildman–Crippen LogP) is 3.33. The monoisotopic (exact) mass is 468 g/mol. The number of hydrogen-bond acceptors (Lipinski definition) is 5. The fourth-order valence-corrected chi connectivity index (χ4v) is 4.55. The first-order valence-corrected chi connectivity index (χ1v) is 11.6. The zero-order chi connectivity index (χ0) is 23.2. The van der Waals surface area contributed by atoms with E-state index in [2.05, 4.69) is 44.7 Å². The average Bonchev–Trinajstić information content (AvgIpc) is 2.81. The standard InChI is InChI=1S/C25H29ClN4O3/c1-2-33-24(31)22-21(27-25(32)28-23(22)19-10-6-7-11-20(19)26)17-30-14-12-29(13-15-30)16-18-8-4-3-5-9-18/h3-11,23H,2,12-17H2,1H3,(H2,27,28,32). The van der Waals surface area contributed by atoms with Crippen molar-refractivity contribution in [2.75, 3.05) is 39.3 Å². The smallest absolute Gasteiger partial charge is 0.338 e. The Bertz CT molecular complexity index is 1020. The van der Waals surface area contributed by atoms with Crippen molar-refractivity contribution in [2.24, 2.45) is 0 Å². The lowest BCUT2D eigenvalue weighted by Gasteiger charge is -2.37. The maximum atomic E-state index is 13.0. The predicted molar refractivity (Wildman–Crippen MR) is 128 cm³/mol. The molecule has 2 aliphatic heterocycles. The van der Waals surface area contributed by atoms with Crippen LogP contribution in [-0.2, 0) is 16.1 Å². The maximum Gasteiger partial charge on any atom is 0.338 e. The molecule has 1 unspecified atom stereocenters. The molecular formula is C25H29ClN4O3. The minimum atomic E-state index is -0.666. The van der Waals surface area contributed by atoms with Gasteiger partial charge in [0.2, 0.25) is 0 Å². The van der Waals surface area contributed by atoms with Crippen LogP contribution in [0.15, 0.2) is 65.9 Å². The van der Waals surface area contributed by atoms with Crippen molar-refractivity contribution in [3.8, 4) is 0 Å². The Balaban J connectivity index is 1.52. The van der Waals surface area contributed by atoms with E-state index in [0.717, 1.165) is 32.7 Å². The fraction of sp³-hybridized carbons (Fsp3) is 0.360. The lowest BCUT2D eigenvalue weighted by molar-refractivity contribution is -0.139. The van der Waals surface area contributed by atoms with Crippen molar-refractivity contribution in [1.29, 1.82) is 0 Å². The van der Waals surface area contributed by atoms with Crippen molar-refractivity contribution >= 4 is 23.6 Å². The van der Waals surface area contributed by atoms with Gasteiger partial charge < -0.3 is 15.4 Å². The molecule has 2 aromatic rings. The number of amides is 2. The lowest BCUT2D eigenvalue weighted by atomic mass is 9.94. The third kappa shape index (κ3) is 5.74. The summed E-state index contributed by atoms with van der Waals surface area (Å²) in [5.74, 6) is -0.451. The highest BCUT2D eigenvalue weighted by Gasteiger charge is 2.35. The minimum absolute atomic E-state index is 0.247. The highest BCUT2D eigenvalue weighted by atomic mass is 35.5. The molecule has 2 amide bonds. The average molecular weight is 469 g/mol. The third-order valence-electron chi connectivity index (χ3n) is 5.96. The summed E-state index contributed by atoms with van der Waals surface area (Å²) in [5, 5.41) is 6.18. The number of hydrogen-bond donors (Lipinski definition) is 2. The number of piperazine rings is 1. The Morgan fingerprint density at radius 3 is 2.30 bits per heavy atom. The number of carbonyl (C=O) groups is 2. The lowest BCUT2D eigenvalue weighted by Crippen LogP contribution is -2.51. The zero-order valence-corrected chi connectivity index (χ0v) is 19.5. The highest BCUT2D eigenvalue weighted by Crippen LogP contribution is 2.32. The van der Waals surface area contributed by atoms with E-state index in [0.29, 0.717) is 28.4 Å². The molecule has 1 atom stereocenters. The van der Waals surface area contributed by atoms with Gasteiger partial charge in [-0.05, 0) is 24.1 Å². The van der Waals surface area contributed by atoms with Crippen molar-refractivity contribution in [3.05, 3.63) is 82.0 Å². The molecule has 33 heavy (non-hydrogen) atoms. The van der Waals surface area contributed by atoms with Gasteiger partial charge in [-0.25, -0.2) is 9.59 Å². The summed E-state index contributed by atoms with van der Waals surface area (Å²) >= 11 is 6.41. The van der Waals surface area contributed by atoms with E-state index in [4.69, 9.17) is 16.3 Å². The van der Waals surface area contributed by atoms with Crippen molar-refractivity contribution in [3.63, 3.8) is 0 Å². The normalized spacial score (nSPS) is 19.7. The molecule has 0 saturated carbocycles. The molecule has 1 fully saturated rings. The summed E-state index contributed by atoms with van der Waals surface area (Å²) in [7, 11) is 0. The van der Waals surface area contributed by atoms with Gasteiger partial charge in [0.25, 0.3) is 0 Å². The molecule has 0 radical (unpaired) electrons. The molecule has 0 spiro atoms. The van der Waals surface area contributed by atoms with E-state index in [9.17, 15) is 9.59 Å². The second-order valence-corrected chi connectivity index (χ2v) is 8.61. The van der Waals surface area contributed by atoms with E-state index in [1.807, 2.05) is 24.3 Å². The van der Waals surface area contributed by atoms with Crippen LogP contribution in [0.25, 0.3) is 0 Å². The molecule has 0 bridgehead atoms. The van der Waals surface area contributed by atoms with Gasteiger partial charge in [-0.15, -0.1) is 0 Å². The fourth-order valence-electron chi connectivity index (χ4n) is 4.31. The second kappa shape index (κ2) is 10.8. The molecule has 2 aliphatic rings. The summed E-state index contributed by atoms with van der Waals surface area (Å²) in [6.07, 6.45) is 0. The Morgan fingerprint density at radius 1 is 1.00 bits per heavy atom. The maximum absolute atomic E-state index is 13.0. The molecule has 0 aromatic heterocycles. The Labute approximate surface area is 199 Å². The number of carbonyl (C=O) groups excluding carboxylic acids is 2. The van der Waals surface area contributed by atoms with Crippen LogP contribution in [0.4, 0.5) is 4.79 Å². The summed E-state index contributed by atoms with van der Waals surface area (Å²) in [6, 6.07) is 16.6. The van der Waals surface area contributed by atoms with Gasteiger partial charge in [-0.3, -0.25) is 9.80 Å². The van der Waals surface area contributed by atoms with Crippen molar-refractivity contribution in [2.45, 2.75) is 19.5 Å². The SMILES string of the molecule is CCOC(=O)C1=C(CN2CCN(Cc3ccccc3)CC2)NC(=O)NC1c1ccccc1Cl. The number of nitrogens with zero attached hydrogens (tertiary/aromatic N) is 2. The van der Waals surface area contributed by atoms with Crippen LogP contribution in [0.1, 0.15) is 24.1 Å². The molecule has 4 rings (SSSR count). The number of halogens is 1. The second-order valence-electron chi connectivity index (χ2n) is 8.20. The number of nitrogens with one attached hydrogen (secondary N) is 2. The number of ether oxygens (including phenoxy) is 1. The van der Waals surface area contributed by atoms with Crippen LogP contribution in [0.5, 0.6) is 0 Å². The zero-order valence-electron chi connectivity index (χ0n) is 18.7. The van der Waals surface area contributed by atoms with Crippen LogP contribution in [-0.4, -0.2) is 61.1 Å². The van der Waals surface area contributed by atoms with Crippen LogP contribution in [0, 0.1) is 0 Å². The summed E-state index contributed by atoms with van der Waals surface area (Å²) in [5.41, 5.74) is 2.93. The van der Waals surface area contributed by atoms with Gasteiger partial charge in [0, 0.05) is 50.0 Å². The summed E-state index contributed by atoms with van der Waals surface area (Å²) in [4.78, 5) is 30.2. The van der Waals surface area contributed by atoms with Gasteiger partial charge in [-0.1, -0.05) is 60.1 Å². The van der Waals surface area contributed by atoms with Crippen molar-refractivity contribution in [1.82, 2.24) is 20.4 Å². The van der Waals surface area contributed by atoms with Gasteiger partial charge >= 0.3 is 12.0 Å². The van der Waals surface area contributed by atoms with Gasteiger partial charge in [0.15, 0.2) is 0 Å². The molecule has 8 heteroatoms. The number of benzene rings is 2. The molecule has 0 aliphatic carbocycles. The largest absolute Gasteiger partial charge is 0.463 e. The molecule has 2 heterocycles. The van der Waals surface area contributed by atoms with E-state index in [1.54, 1.807) is 13.0 Å². The van der Waals surface area contributed by atoms with E-state index >= 15 is 0 Å². The Hall–Kier alpha value is -2.87. The van der Waals surface area contributed by atoms with Gasteiger partial charge in [0.1, 0.15) is 0 Å². The minimum Gasteiger partial charge on any atom is -0.463 e. The first-order valence-electron chi connectivity index (χ1n) is 11.3. The van der Waals surface area contributed by atoms with Crippen LogP contribution >= 0.6 is 11.6 Å². The van der Waals surface area contributed by atoms with Gasteiger partial charge in [-0.2, -0.15) is 0 Å². The molecular weight excluding hydrogens is 440 g/mol.